The van der Waals surface area contributed by atoms with Gasteiger partial charge in [0.05, 0.1) is 12.0 Å². The number of thiophene rings is 1. The van der Waals surface area contributed by atoms with E-state index in [9.17, 15) is 9.59 Å². The molecule has 0 aliphatic heterocycles. The highest BCUT2D eigenvalue weighted by Crippen LogP contribution is 2.30. The number of carbonyl (C=O) groups is 1. The van der Waals surface area contributed by atoms with Crippen molar-refractivity contribution in [2.45, 2.75) is 6.92 Å². The number of aromatic nitrogens is 3. The molecule has 3 N–H and O–H groups in total. The second-order valence-electron chi connectivity index (χ2n) is 4.55. The van der Waals surface area contributed by atoms with Gasteiger partial charge in [-0.05, 0) is 19.1 Å². The molecule has 0 fully saturated rings. The number of primary amides is 1. The minimum atomic E-state index is -0.733. The number of amides is 1. The maximum atomic E-state index is 11.7. The van der Waals surface area contributed by atoms with Crippen molar-refractivity contribution in [2.24, 2.45) is 5.73 Å². The van der Waals surface area contributed by atoms with Gasteiger partial charge in [-0.2, -0.15) is 0 Å². The highest BCUT2D eigenvalue weighted by atomic mass is 32.1. The van der Waals surface area contributed by atoms with Crippen molar-refractivity contribution in [3.05, 3.63) is 57.8 Å². The number of aromatic amines is 1. The van der Waals surface area contributed by atoms with Crippen LogP contribution < -0.4 is 11.3 Å². The van der Waals surface area contributed by atoms with Crippen LogP contribution in [-0.2, 0) is 0 Å². The van der Waals surface area contributed by atoms with Crippen LogP contribution >= 0.6 is 11.3 Å². The molecule has 3 heterocycles. The van der Waals surface area contributed by atoms with E-state index < -0.39 is 11.5 Å². The Morgan fingerprint density at radius 2 is 2.24 bits per heavy atom. The van der Waals surface area contributed by atoms with Gasteiger partial charge in [0.2, 0.25) is 0 Å². The Kier molecular flexibility index (Phi) is 3.19. The zero-order valence-corrected chi connectivity index (χ0v) is 12.0. The van der Waals surface area contributed by atoms with Gasteiger partial charge in [0.15, 0.2) is 0 Å². The number of nitrogens with one attached hydrogen (secondary N) is 1. The van der Waals surface area contributed by atoms with Gasteiger partial charge >= 0.3 is 0 Å². The minimum Gasteiger partial charge on any atom is -0.365 e. The van der Waals surface area contributed by atoms with Crippen LogP contribution in [0.25, 0.3) is 16.1 Å². The molecule has 0 aliphatic carbocycles. The minimum absolute atomic E-state index is 0.0341. The normalized spacial score (nSPS) is 10.7. The summed E-state index contributed by atoms with van der Waals surface area (Å²) >= 11 is 1.52. The van der Waals surface area contributed by atoms with E-state index in [0.29, 0.717) is 5.69 Å². The predicted molar refractivity (Wildman–Crippen MR) is 80.8 cm³/mol. The predicted octanol–water partition coefficient (Wildman–Crippen LogP) is 1.70. The Balaban J connectivity index is 2.11. The standard InChI is InChI=1S/C14H12N4O2S/c1-8-10(5-11(13(15)19)14(20)17-8)12-4-9(6-21-12)18-3-2-16-7-18/h2-7H,1H3,(H2,15,19)(H,17,20). The molecule has 21 heavy (non-hydrogen) atoms. The number of pyridine rings is 1. The number of carbonyl (C=O) groups excluding carboxylic acids is 1. The molecule has 0 saturated carbocycles. The summed E-state index contributed by atoms with van der Waals surface area (Å²) in [5.41, 5.74) is 7.19. The number of nitrogens with two attached hydrogens (primary N) is 1. The number of hydrogen-bond donors (Lipinski definition) is 2. The number of nitrogens with zero attached hydrogens (tertiary/aromatic N) is 2. The average molecular weight is 300 g/mol. The molecule has 0 unspecified atom stereocenters. The molecule has 1 amide bonds. The van der Waals surface area contributed by atoms with Crippen LogP contribution in [0.4, 0.5) is 0 Å². The third kappa shape index (κ3) is 2.38. The summed E-state index contributed by atoms with van der Waals surface area (Å²) < 4.78 is 1.88. The molecule has 0 spiro atoms. The SMILES string of the molecule is Cc1[nH]c(=O)c(C(N)=O)cc1-c1cc(-n2ccnc2)cs1. The first-order chi connectivity index (χ1) is 10.1. The van der Waals surface area contributed by atoms with Crippen LogP contribution in [0.15, 0.2) is 41.0 Å². The Labute approximate surface area is 123 Å². The zero-order valence-electron chi connectivity index (χ0n) is 11.2. The molecule has 106 valence electrons. The summed E-state index contributed by atoms with van der Waals surface area (Å²) in [6.45, 7) is 1.79. The Hall–Kier alpha value is -2.67. The van der Waals surface area contributed by atoms with E-state index in [1.165, 1.54) is 11.3 Å². The van der Waals surface area contributed by atoms with Crippen molar-refractivity contribution in [1.82, 2.24) is 14.5 Å². The van der Waals surface area contributed by atoms with Gasteiger partial charge in [-0.15, -0.1) is 11.3 Å². The van der Waals surface area contributed by atoms with Crippen molar-refractivity contribution < 1.29 is 4.79 Å². The second kappa shape index (κ2) is 5.02. The Morgan fingerprint density at radius 3 is 2.90 bits per heavy atom. The van der Waals surface area contributed by atoms with Gasteiger partial charge in [-0.1, -0.05) is 0 Å². The van der Waals surface area contributed by atoms with Crippen LogP contribution in [0.3, 0.4) is 0 Å². The van der Waals surface area contributed by atoms with Crippen LogP contribution in [0, 0.1) is 6.92 Å². The highest BCUT2D eigenvalue weighted by molar-refractivity contribution is 7.13. The fourth-order valence-corrected chi connectivity index (χ4v) is 3.04. The van der Waals surface area contributed by atoms with Gasteiger partial charge in [-0.3, -0.25) is 9.59 Å². The lowest BCUT2D eigenvalue weighted by Crippen LogP contribution is -2.24. The van der Waals surface area contributed by atoms with Gasteiger partial charge in [0, 0.05) is 33.9 Å². The lowest BCUT2D eigenvalue weighted by Gasteiger charge is -2.05. The topological polar surface area (TPSA) is 93.8 Å². The van der Waals surface area contributed by atoms with E-state index in [-0.39, 0.29) is 5.56 Å². The van der Waals surface area contributed by atoms with Gasteiger partial charge in [0.25, 0.3) is 11.5 Å². The number of H-pyrrole nitrogens is 1. The first-order valence-electron chi connectivity index (χ1n) is 6.17. The van der Waals surface area contributed by atoms with Crippen LogP contribution in [-0.4, -0.2) is 20.4 Å². The number of imidazole rings is 1. The van der Waals surface area contributed by atoms with E-state index in [1.807, 2.05) is 22.2 Å². The summed E-state index contributed by atoms with van der Waals surface area (Å²) in [4.78, 5) is 30.6. The molecule has 7 heteroatoms. The monoisotopic (exact) mass is 300 g/mol. The van der Waals surface area contributed by atoms with E-state index in [1.54, 1.807) is 25.5 Å². The van der Waals surface area contributed by atoms with Crippen molar-refractivity contribution in [1.29, 1.82) is 0 Å². The third-order valence-electron chi connectivity index (χ3n) is 3.16. The molecule has 0 radical (unpaired) electrons. The molecular weight excluding hydrogens is 288 g/mol. The molecule has 0 saturated heterocycles. The Morgan fingerprint density at radius 1 is 1.43 bits per heavy atom. The lowest BCUT2D eigenvalue weighted by molar-refractivity contribution is 0.0999. The first-order valence-corrected chi connectivity index (χ1v) is 7.05. The van der Waals surface area contributed by atoms with Crippen LogP contribution in [0.5, 0.6) is 0 Å². The molecule has 3 rings (SSSR count). The summed E-state index contributed by atoms with van der Waals surface area (Å²) in [6, 6.07) is 3.51. The first kappa shape index (κ1) is 13.3. The molecule has 0 bridgehead atoms. The number of rotatable bonds is 3. The molecule has 6 nitrogen and oxygen atoms in total. The molecule has 3 aromatic rings. The van der Waals surface area contributed by atoms with Crippen molar-refractivity contribution in [2.75, 3.05) is 0 Å². The van der Waals surface area contributed by atoms with Crippen molar-refractivity contribution in [3.63, 3.8) is 0 Å². The smallest absolute Gasteiger partial charge is 0.261 e. The van der Waals surface area contributed by atoms with E-state index >= 15 is 0 Å². The van der Waals surface area contributed by atoms with E-state index in [4.69, 9.17) is 5.73 Å². The third-order valence-corrected chi connectivity index (χ3v) is 4.11. The fourth-order valence-electron chi connectivity index (χ4n) is 2.08. The number of aryl methyl sites for hydroxylation is 1. The molecule has 3 aromatic heterocycles. The van der Waals surface area contributed by atoms with Crippen LogP contribution in [0.2, 0.25) is 0 Å². The summed E-state index contributed by atoms with van der Waals surface area (Å²) in [5, 5.41) is 1.98. The van der Waals surface area contributed by atoms with Crippen molar-refractivity contribution in [3.8, 4) is 16.1 Å². The highest BCUT2D eigenvalue weighted by Gasteiger charge is 2.13. The zero-order chi connectivity index (χ0) is 15.0. The van der Waals surface area contributed by atoms with Gasteiger partial charge < -0.3 is 15.3 Å². The second-order valence-corrected chi connectivity index (χ2v) is 5.47. The summed E-state index contributed by atoms with van der Waals surface area (Å²) in [5.74, 6) is -0.733. The largest absolute Gasteiger partial charge is 0.365 e. The van der Waals surface area contributed by atoms with Crippen LogP contribution in [0.1, 0.15) is 16.1 Å². The quantitative estimate of drug-likeness (QED) is 0.770. The molecule has 0 aromatic carbocycles. The maximum Gasteiger partial charge on any atom is 0.261 e. The van der Waals surface area contributed by atoms with Gasteiger partial charge in [0.1, 0.15) is 5.56 Å². The lowest BCUT2D eigenvalue weighted by atomic mass is 10.1. The Bertz CT molecular complexity index is 861. The molecular formula is C14H12N4O2S. The molecule has 0 aliphatic rings. The average Bonchev–Trinajstić information content (AvgIpc) is 3.09. The van der Waals surface area contributed by atoms with E-state index in [2.05, 4.69) is 9.97 Å². The summed E-state index contributed by atoms with van der Waals surface area (Å²) in [7, 11) is 0. The fraction of sp³-hybridized carbons (Fsp3) is 0.0714. The van der Waals surface area contributed by atoms with Crippen molar-refractivity contribution >= 4 is 17.2 Å². The number of hydrogen-bond acceptors (Lipinski definition) is 4. The maximum absolute atomic E-state index is 11.7. The molecule has 0 atom stereocenters. The van der Waals surface area contributed by atoms with E-state index in [0.717, 1.165) is 16.1 Å². The van der Waals surface area contributed by atoms with Gasteiger partial charge in [-0.25, -0.2) is 4.98 Å². The summed E-state index contributed by atoms with van der Waals surface area (Å²) in [6.07, 6.45) is 5.26.